The molecule has 2 heterocycles. The average molecular weight is 443 g/mol. The molecule has 0 radical (unpaired) electrons. The smallest absolute Gasteiger partial charge is 0.306 e. The lowest BCUT2D eigenvalue weighted by atomic mass is 9.72. The van der Waals surface area contributed by atoms with Crippen LogP contribution in [0.4, 0.5) is 5.13 Å². The van der Waals surface area contributed by atoms with Crippen molar-refractivity contribution in [3.63, 3.8) is 0 Å². The molecule has 4 rings (SSSR count). The number of carboxylic acids is 1. The number of hydrogen-bond acceptors (Lipinski definition) is 5. The molecule has 5 nitrogen and oxygen atoms in total. The molecule has 1 aliphatic heterocycles. The van der Waals surface area contributed by atoms with Crippen LogP contribution in [0.2, 0.25) is 0 Å². The first-order chi connectivity index (χ1) is 14.8. The fraction of sp³-hybridized carbons (Fsp3) is 0.600. The molecule has 1 N–H and O–H groups in total. The van der Waals surface area contributed by atoms with Crippen LogP contribution in [0.3, 0.4) is 0 Å². The van der Waals surface area contributed by atoms with Crippen molar-refractivity contribution in [2.24, 2.45) is 17.3 Å². The number of benzene rings is 1. The Morgan fingerprint density at radius 1 is 1.06 bits per heavy atom. The first-order valence-corrected chi connectivity index (χ1v) is 12.4. The standard InChI is InChI=1S/C25H34N2O3S/c1-25(2,3)19-6-10-21(11-7-19)30-20-8-4-17(5-9-20)22-16-31-24(26-22)27-14-12-18(13-15-27)23(28)29/h4-5,8-9,16,18-19,21H,6-7,10-15H2,1-3H3,(H,28,29). The van der Waals surface area contributed by atoms with Gasteiger partial charge in [0.2, 0.25) is 0 Å². The van der Waals surface area contributed by atoms with Crippen molar-refractivity contribution in [1.29, 1.82) is 0 Å². The summed E-state index contributed by atoms with van der Waals surface area (Å²) in [6.07, 6.45) is 6.47. The lowest BCUT2D eigenvalue weighted by Gasteiger charge is -2.36. The van der Waals surface area contributed by atoms with Crippen LogP contribution in [-0.2, 0) is 4.79 Å². The van der Waals surface area contributed by atoms with Gasteiger partial charge in [-0.3, -0.25) is 4.79 Å². The minimum absolute atomic E-state index is 0.216. The Hall–Kier alpha value is -2.08. The van der Waals surface area contributed by atoms with Crippen LogP contribution in [0.5, 0.6) is 5.75 Å². The predicted molar refractivity (Wildman–Crippen MR) is 126 cm³/mol. The van der Waals surface area contributed by atoms with E-state index in [9.17, 15) is 9.90 Å². The maximum atomic E-state index is 11.2. The molecule has 1 saturated heterocycles. The summed E-state index contributed by atoms with van der Waals surface area (Å²) >= 11 is 1.63. The number of nitrogens with zero attached hydrogens (tertiary/aromatic N) is 2. The summed E-state index contributed by atoms with van der Waals surface area (Å²) in [6, 6.07) is 8.29. The Bertz CT molecular complexity index is 871. The van der Waals surface area contributed by atoms with Crippen LogP contribution in [0.15, 0.2) is 29.6 Å². The highest BCUT2D eigenvalue weighted by atomic mass is 32.1. The quantitative estimate of drug-likeness (QED) is 0.607. The third kappa shape index (κ3) is 5.40. The average Bonchev–Trinajstić information content (AvgIpc) is 3.24. The Balaban J connectivity index is 1.32. The Labute approximate surface area is 189 Å². The van der Waals surface area contributed by atoms with E-state index in [0.717, 1.165) is 54.0 Å². The van der Waals surface area contributed by atoms with Crippen LogP contribution in [-0.4, -0.2) is 35.3 Å². The molecule has 1 saturated carbocycles. The predicted octanol–water partition coefficient (Wildman–Crippen LogP) is 6.09. The van der Waals surface area contributed by atoms with E-state index in [0.29, 0.717) is 24.4 Å². The number of anilines is 1. The van der Waals surface area contributed by atoms with Crippen molar-refractivity contribution in [1.82, 2.24) is 4.98 Å². The third-order valence-corrected chi connectivity index (χ3v) is 7.86. The topological polar surface area (TPSA) is 62.7 Å². The minimum Gasteiger partial charge on any atom is -0.490 e. The SMILES string of the molecule is CC(C)(C)C1CCC(Oc2ccc(-c3csc(N4CCC(C(=O)O)CC4)n3)cc2)CC1. The molecule has 0 amide bonds. The van der Waals surface area contributed by atoms with Crippen molar-refractivity contribution < 1.29 is 14.6 Å². The van der Waals surface area contributed by atoms with E-state index in [4.69, 9.17) is 9.72 Å². The molecule has 0 bridgehead atoms. The maximum absolute atomic E-state index is 11.2. The van der Waals surface area contributed by atoms with E-state index in [2.05, 4.69) is 55.3 Å². The van der Waals surface area contributed by atoms with Gasteiger partial charge in [0.25, 0.3) is 0 Å². The number of rotatable bonds is 5. The van der Waals surface area contributed by atoms with Gasteiger partial charge < -0.3 is 14.7 Å². The van der Waals surface area contributed by atoms with Crippen LogP contribution in [0, 0.1) is 17.3 Å². The van der Waals surface area contributed by atoms with Crippen LogP contribution in [0.25, 0.3) is 11.3 Å². The number of thiazole rings is 1. The van der Waals surface area contributed by atoms with Crippen LogP contribution in [0.1, 0.15) is 59.3 Å². The number of ether oxygens (including phenoxy) is 1. The highest BCUT2D eigenvalue weighted by Crippen LogP contribution is 2.39. The van der Waals surface area contributed by atoms with Gasteiger partial charge in [0.15, 0.2) is 5.13 Å². The van der Waals surface area contributed by atoms with Gasteiger partial charge in [-0.15, -0.1) is 11.3 Å². The fourth-order valence-electron chi connectivity index (χ4n) is 4.80. The van der Waals surface area contributed by atoms with Crippen molar-refractivity contribution in [3.8, 4) is 17.0 Å². The summed E-state index contributed by atoms with van der Waals surface area (Å²) in [7, 11) is 0. The summed E-state index contributed by atoms with van der Waals surface area (Å²) in [5.41, 5.74) is 2.45. The Kier molecular flexibility index (Phi) is 6.56. The molecule has 1 aromatic carbocycles. The fourth-order valence-corrected chi connectivity index (χ4v) is 5.69. The molecule has 0 unspecified atom stereocenters. The zero-order valence-electron chi connectivity index (χ0n) is 18.8. The molecule has 2 fully saturated rings. The van der Waals surface area contributed by atoms with E-state index in [1.165, 1.54) is 12.8 Å². The molecule has 2 aromatic rings. The third-order valence-electron chi connectivity index (χ3n) is 6.96. The van der Waals surface area contributed by atoms with E-state index < -0.39 is 5.97 Å². The second kappa shape index (κ2) is 9.19. The Morgan fingerprint density at radius 3 is 2.29 bits per heavy atom. The van der Waals surface area contributed by atoms with Crippen molar-refractivity contribution in [2.45, 2.75) is 65.4 Å². The van der Waals surface area contributed by atoms with Crippen LogP contribution < -0.4 is 9.64 Å². The second-order valence-electron chi connectivity index (χ2n) is 10.1. The lowest BCUT2D eigenvalue weighted by Crippen LogP contribution is -2.36. The van der Waals surface area contributed by atoms with Gasteiger partial charge in [0.05, 0.1) is 17.7 Å². The van der Waals surface area contributed by atoms with Gasteiger partial charge in [0.1, 0.15) is 5.75 Å². The van der Waals surface area contributed by atoms with Gasteiger partial charge in [-0.05, 0) is 74.1 Å². The van der Waals surface area contributed by atoms with Gasteiger partial charge in [0, 0.05) is 24.0 Å². The molecule has 1 aliphatic carbocycles. The van der Waals surface area contributed by atoms with E-state index >= 15 is 0 Å². The summed E-state index contributed by atoms with van der Waals surface area (Å²) in [4.78, 5) is 18.2. The van der Waals surface area contributed by atoms with Crippen molar-refractivity contribution in [2.75, 3.05) is 18.0 Å². The molecule has 6 heteroatoms. The zero-order chi connectivity index (χ0) is 22.0. The summed E-state index contributed by atoms with van der Waals surface area (Å²) < 4.78 is 6.26. The maximum Gasteiger partial charge on any atom is 0.306 e. The highest BCUT2D eigenvalue weighted by molar-refractivity contribution is 7.14. The van der Waals surface area contributed by atoms with Crippen LogP contribution >= 0.6 is 11.3 Å². The number of carboxylic acid groups (broad SMARTS) is 1. The van der Waals surface area contributed by atoms with Gasteiger partial charge in [-0.2, -0.15) is 0 Å². The number of aromatic nitrogens is 1. The van der Waals surface area contributed by atoms with Gasteiger partial charge >= 0.3 is 5.97 Å². The number of carbonyl (C=O) groups is 1. The summed E-state index contributed by atoms with van der Waals surface area (Å²) in [6.45, 7) is 8.56. The van der Waals surface area contributed by atoms with Crippen molar-refractivity contribution >= 4 is 22.4 Å². The molecule has 0 atom stereocenters. The largest absolute Gasteiger partial charge is 0.490 e. The first kappa shape index (κ1) is 22.1. The zero-order valence-corrected chi connectivity index (χ0v) is 19.7. The monoisotopic (exact) mass is 442 g/mol. The summed E-state index contributed by atoms with van der Waals surface area (Å²) in [5.74, 6) is 0.841. The first-order valence-electron chi connectivity index (χ1n) is 11.5. The molecule has 31 heavy (non-hydrogen) atoms. The summed E-state index contributed by atoms with van der Waals surface area (Å²) in [5, 5.41) is 12.2. The number of piperidine rings is 1. The highest BCUT2D eigenvalue weighted by Gasteiger charge is 2.30. The van der Waals surface area contributed by atoms with Crippen molar-refractivity contribution in [3.05, 3.63) is 29.6 Å². The Morgan fingerprint density at radius 2 is 1.71 bits per heavy atom. The van der Waals surface area contributed by atoms with Gasteiger partial charge in [-0.25, -0.2) is 4.98 Å². The van der Waals surface area contributed by atoms with Gasteiger partial charge in [-0.1, -0.05) is 20.8 Å². The molecule has 2 aliphatic rings. The second-order valence-corrected chi connectivity index (χ2v) is 10.9. The molecule has 168 valence electrons. The molecule has 1 aromatic heterocycles. The van der Waals surface area contributed by atoms with E-state index in [-0.39, 0.29) is 5.92 Å². The number of hydrogen-bond donors (Lipinski definition) is 1. The molecule has 0 spiro atoms. The van der Waals surface area contributed by atoms with E-state index in [1.54, 1.807) is 11.3 Å². The minimum atomic E-state index is -0.677. The number of aliphatic carboxylic acids is 1. The molecular weight excluding hydrogens is 408 g/mol. The molecular formula is C25H34N2O3S. The lowest BCUT2D eigenvalue weighted by molar-refractivity contribution is -0.142. The normalized spacial score (nSPS) is 23.0. The van der Waals surface area contributed by atoms with E-state index in [1.807, 2.05) is 0 Å².